The molecule has 0 bridgehead atoms. The van der Waals surface area contributed by atoms with Crippen LogP contribution in [0.1, 0.15) is 28.9 Å². The average Bonchev–Trinajstić information content (AvgIpc) is 2.13. The second-order valence-electron chi connectivity index (χ2n) is 3.48. The fourth-order valence-corrected chi connectivity index (χ4v) is 1.63. The number of cyclic esters (lactones) is 1. The van der Waals surface area contributed by atoms with E-state index in [1.807, 2.05) is 0 Å². The van der Waals surface area contributed by atoms with E-state index in [-0.39, 0.29) is 22.6 Å². The molecule has 1 aliphatic heterocycles. The summed E-state index contributed by atoms with van der Waals surface area (Å²) in [6.45, 7) is 1.53. The fourth-order valence-electron chi connectivity index (χ4n) is 1.63. The third-order valence-electron chi connectivity index (χ3n) is 2.40. The molecule has 0 fully saturated rings. The number of hydrogen-bond acceptors (Lipinski definition) is 5. The number of ether oxygens (including phenoxy) is 1. The zero-order chi connectivity index (χ0) is 11.2. The molecule has 0 amide bonds. The summed E-state index contributed by atoms with van der Waals surface area (Å²) < 4.78 is 4.82. The van der Waals surface area contributed by atoms with E-state index in [2.05, 4.69) is 0 Å². The predicted octanol–water partition coefficient (Wildman–Crippen LogP) is 0.690. The lowest BCUT2D eigenvalue weighted by atomic mass is 9.95. The number of aliphatic hydroxyl groups excluding tert-OH is 1. The van der Waals surface area contributed by atoms with Gasteiger partial charge in [0.15, 0.2) is 0 Å². The normalized spacial score (nSPS) is 24.5. The zero-order valence-corrected chi connectivity index (χ0v) is 7.97. The third-order valence-corrected chi connectivity index (χ3v) is 2.40. The molecule has 0 saturated heterocycles. The van der Waals surface area contributed by atoms with E-state index in [0.717, 1.165) is 12.1 Å². The van der Waals surface area contributed by atoms with Crippen LogP contribution in [0, 0.1) is 0 Å². The number of phenols is 2. The molecule has 1 aromatic rings. The van der Waals surface area contributed by atoms with Crippen LogP contribution in [0.2, 0.25) is 0 Å². The largest absolute Gasteiger partial charge is 0.508 e. The Labute approximate surface area is 85.5 Å². The molecule has 0 radical (unpaired) electrons. The molecular formula is C10H10O5. The highest BCUT2D eigenvalue weighted by Gasteiger charge is 2.34. The van der Waals surface area contributed by atoms with Crippen LogP contribution in [0.15, 0.2) is 12.1 Å². The first kappa shape index (κ1) is 9.79. The van der Waals surface area contributed by atoms with Gasteiger partial charge in [-0.3, -0.25) is 0 Å². The van der Waals surface area contributed by atoms with Gasteiger partial charge in [-0.2, -0.15) is 0 Å². The Bertz CT molecular complexity index is 426. The van der Waals surface area contributed by atoms with Crippen LogP contribution in [-0.4, -0.2) is 27.4 Å². The Hall–Kier alpha value is -1.75. The number of hydrogen-bond donors (Lipinski definition) is 3. The first-order valence-corrected chi connectivity index (χ1v) is 4.45. The van der Waals surface area contributed by atoms with Crippen LogP contribution in [0.3, 0.4) is 0 Å². The summed E-state index contributed by atoms with van der Waals surface area (Å²) >= 11 is 0. The SMILES string of the molecule is C[C@@H]1OC(=O)c2cc(O)cc(O)c2[C@H]1O. The van der Waals surface area contributed by atoms with E-state index >= 15 is 0 Å². The van der Waals surface area contributed by atoms with Crippen LogP contribution < -0.4 is 0 Å². The van der Waals surface area contributed by atoms with Crippen molar-refractivity contribution in [3.63, 3.8) is 0 Å². The van der Waals surface area contributed by atoms with Crippen molar-refractivity contribution >= 4 is 5.97 Å². The highest BCUT2D eigenvalue weighted by atomic mass is 16.6. The number of carbonyl (C=O) groups excluding carboxylic acids is 1. The molecule has 1 aliphatic rings. The fraction of sp³-hybridized carbons (Fsp3) is 0.300. The first-order chi connectivity index (χ1) is 7.00. The minimum atomic E-state index is -1.07. The van der Waals surface area contributed by atoms with Gasteiger partial charge >= 0.3 is 5.97 Å². The molecule has 0 aromatic heterocycles. The molecule has 2 atom stereocenters. The Kier molecular flexibility index (Phi) is 2.04. The second-order valence-corrected chi connectivity index (χ2v) is 3.48. The molecule has 1 aromatic carbocycles. The number of benzene rings is 1. The highest BCUT2D eigenvalue weighted by Crippen LogP contribution is 2.37. The van der Waals surface area contributed by atoms with Gasteiger partial charge in [-0.25, -0.2) is 4.79 Å². The van der Waals surface area contributed by atoms with Gasteiger partial charge in [-0.1, -0.05) is 0 Å². The summed E-state index contributed by atoms with van der Waals surface area (Å²) in [5, 5.41) is 28.4. The minimum absolute atomic E-state index is 0.00176. The number of phenolic OH excluding ortho intramolecular Hbond substituents is 2. The molecule has 0 aliphatic carbocycles. The molecule has 3 N–H and O–H groups in total. The highest BCUT2D eigenvalue weighted by molar-refractivity contribution is 5.93. The monoisotopic (exact) mass is 210 g/mol. The Morgan fingerprint density at radius 2 is 2.00 bits per heavy atom. The Morgan fingerprint density at radius 1 is 1.33 bits per heavy atom. The second kappa shape index (κ2) is 3.13. The van der Waals surface area contributed by atoms with Crippen molar-refractivity contribution in [2.24, 2.45) is 0 Å². The summed E-state index contributed by atoms with van der Waals surface area (Å²) in [6, 6.07) is 2.24. The van der Waals surface area contributed by atoms with Crippen LogP contribution in [-0.2, 0) is 4.74 Å². The maximum atomic E-state index is 11.4. The van der Waals surface area contributed by atoms with Crippen LogP contribution in [0.5, 0.6) is 11.5 Å². The van der Waals surface area contributed by atoms with Gasteiger partial charge in [-0.05, 0) is 13.0 Å². The van der Waals surface area contributed by atoms with E-state index in [1.165, 1.54) is 6.92 Å². The van der Waals surface area contributed by atoms with Crippen LogP contribution in [0.4, 0.5) is 0 Å². The lowest BCUT2D eigenvalue weighted by Crippen LogP contribution is -2.29. The average molecular weight is 210 g/mol. The van der Waals surface area contributed by atoms with Gasteiger partial charge in [0.2, 0.25) is 0 Å². The van der Waals surface area contributed by atoms with Gasteiger partial charge < -0.3 is 20.1 Å². The van der Waals surface area contributed by atoms with Gasteiger partial charge in [0, 0.05) is 11.6 Å². The molecular weight excluding hydrogens is 200 g/mol. The van der Waals surface area contributed by atoms with Crippen LogP contribution >= 0.6 is 0 Å². The topological polar surface area (TPSA) is 87.0 Å². The first-order valence-electron chi connectivity index (χ1n) is 4.45. The molecule has 5 nitrogen and oxygen atoms in total. The number of rotatable bonds is 0. The van der Waals surface area contributed by atoms with Crippen molar-refractivity contribution in [3.8, 4) is 11.5 Å². The number of esters is 1. The van der Waals surface area contributed by atoms with E-state index in [9.17, 15) is 20.1 Å². The van der Waals surface area contributed by atoms with Gasteiger partial charge in [0.05, 0.1) is 5.56 Å². The summed E-state index contributed by atoms with van der Waals surface area (Å²) in [5.41, 5.74) is 0.106. The smallest absolute Gasteiger partial charge is 0.339 e. The van der Waals surface area contributed by atoms with Crippen molar-refractivity contribution in [1.29, 1.82) is 0 Å². The molecule has 5 heteroatoms. The summed E-state index contributed by atoms with van der Waals surface area (Å²) in [7, 11) is 0. The lowest BCUT2D eigenvalue weighted by molar-refractivity contribution is -0.0222. The molecule has 0 spiro atoms. The lowest BCUT2D eigenvalue weighted by Gasteiger charge is -2.27. The molecule has 15 heavy (non-hydrogen) atoms. The maximum Gasteiger partial charge on any atom is 0.339 e. The quantitative estimate of drug-likeness (QED) is 0.548. The van der Waals surface area contributed by atoms with E-state index in [0.29, 0.717) is 0 Å². The molecule has 1 heterocycles. The van der Waals surface area contributed by atoms with Crippen molar-refractivity contribution in [2.75, 3.05) is 0 Å². The number of aliphatic hydroxyl groups is 1. The van der Waals surface area contributed by atoms with E-state index < -0.39 is 18.2 Å². The molecule has 0 unspecified atom stereocenters. The Morgan fingerprint density at radius 3 is 2.67 bits per heavy atom. The van der Waals surface area contributed by atoms with E-state index in [1.54, 1.807) is 0 Å². The maximum absolute atomic E-state index is 11.4. The molecule has 0 saturated carbocycles. The standard InChI is InChI=1S/C10H10O5/c1-4-9(13)8-6(10(14)15-4)2-5(11)3-7(8)12/h2-4,9,11-13H,1H3/t4-,9-/m0/s1. The van der Waals surface area contributed by atoms with Crippen molar-refractivity contribution in [2.45, 2.75) is 19.1 Å². The number of carbonyl (C=O) groups is 1. The zero-order valence-electron chi connectivity index (χ0n) is 7.97. The summed E-state index contributed by atoms with van der Waals surface area (Å²) in [4.78, 5) is 11.4. The molecule has 2 rings (SSSR count). The number of fused-ring (bicyclic) bond motifs is 1. The molecule has 80 valence electrons. The Balaban J connectivity index is 2.65. The third kappa shape index (κ3) is 1.41. The van der Waals surface area contributed by atoms with Crippen molar-refractivity contribution in [1.82, 2.24) is 0 Å². The minimum Gasteiger partial charge on any atom is -0.508 e. The predicted molar refractivity (Wildman–Crippen MR) is 49.6 cm³/mol. The van der Waals surface area contributed by atoms with Gasteiger partial charge in [-0.15, -0.1) is 0 Å². The van der Waals surface area contributed by atoms with Crippen molar-refractivity contribution < 1.29 is 24.9 Å². The van der Waals surface area contributed by atoms with Gasteiger partial charge in [0.25, 0.3) is 0 Å². The van der Waals surface area contributed by atoms with Gasteiger partial charge in [0.1, 0.15) is 23.7 Å². The van der Waals surface area contributed by atoms with E-state index in [4.69, 9.17) is 4.74 Å². The summed E-state index contributed by atoms with van der Waals surface area (Å²) in [6.07, 6.45) is -1.78. The van der Waals surface area contributed by atoms with Crippen molar-refractivity contribution in [3.05, 3.63) is 23.3 Å². The summed E-state index contributed by atoms with van der Waals surface area (Å²) in [5.74, 6) is -1.21. The number of aromatic hydroxyl groups is 2. The van der Waals surface area contributed by atoms with Crippen LogP contribution in [0.25, 0.3) is 0 Å².